The van der Waals surface area contributed by atoms with E-state index < -0.39 is 0 Å². The molecule has 0 saturated carbocycles. The quantitative estimate of drug-likeness (QED) is 0.751. The third-order valence-corrected chi connectivity index (χ3v) is 4.71. The number of nitrogens with one attached hydrogen (secondary N) is 1. The Morgan fingerprint density at radius 2 is 2.04 bits per heavy atom. The van der Waals surface area contributed by atoms with E-state index >= 15 is 0 Å². The van der Waals surface area contributed by atoms with Gasteiger partial charge in [0.25, 0.3) is 0 Å². The summed E-state index contributed by atoms with van der Waals surface area (Å²) in [5.74, 6) is -0.142. The van der Waals surface area contributed by atoms with E-state index in [0.29, 0.717) is 5.71 Å². The zero-order valence-electron chi connectivity index (χ0n) is 14.5. The van der Waals surface area contributed by atoms with Crippen LogP contribution in [0.2, 0.25) is 0 Å². The summed E-state index contributed by atoms with van der Waals surface area (Å²) in [6, 6.07) is 0. The molecule has 0 aromatic carbocycles. The molecule has 1 heterocycles. The number of carbonyl (C=O) groups is 2. The first kappa shape index (κ1) is 16.6. The van der Waals surface area contributed by atoms with Crippen molar-refractivity contribution < 1.29 is 9.59 Å². The Morgan fingerprint density at radius 1 is 1.25 bits per heavy atom. The van der Waals surface area contributed by atoms with Gasteiger partial charge in [0, 0.05) is 23.6 Å². The summed E-state index contributed by atoms with van der Waals surface area (Å²) in [6.07, 6.45) is 14.2. The molecule has 0 fully saturated rings. The molecule has 4 heteroatoms. The standard InChI is InChI=1S/C20H24N2O2/c1-20(2,3)16-12-18(23)22-17-11-14(9-10-15(16)17)21-19(24)13-7-5-4-6-8-13/h4-5,9-13,15H,6-8H2,1-3H3,(H,22,23). The van der Waals surface area contributed by atoms with Crippen LogP contribution in [0, 0.1) is 17.3 Å². The Balaban J connectivity index is 1.83. The molecule has 24 heavy (non-hydrogen) atoms. The van der Waals surface area contributed by atoms with Gasteiger partial charge in [-0.3, -0.25) is 9.59 Å². The van der Waals surface area contributed by atoms with Crippen molar-refractivity contribution >= 4 is 17.5 Å². The molecule has 0 bridgehead atoms. The molecule has 0 aromatic heterocycles. The largest absolute Gasteiger partial charge is 0.325 e. The van der Waals surface area contributed by atoms with Crippen molar-refractivity contribution in [3.05, 3.63) is 47.7 Å². The molecule has 2 atom stereocenters. The summed E-state index contributed by atoms with van der Waals surface area (Å²) in [6.45, 7) is 6.31. The number of hydrogen-bond donors (Lipinski definition) is 1. The van der Waals surface area contributed by atoms with Crippen LogP contribution in [0.1, 0.15) is 40.0 Å². The summed E-state index contributed by atoms with van der Waals surface area (Å²) >= 11 is 0. The summed E-state index contributed by atoms with van der Waals surface area (Å²) in [5.41, 5.74) is 2.42. The molecular formula is C20H24N2O2. The Labute approximate surface area is 143 Å². The van der Waals surface area contributed by atoms with Gasteiger partial charge in [-0.15, -0.1) is 0 Å². The first-order valence-electron chi connectivity index (χ1n) is 8.55. The van der Waals surface area contributed by atoms with Gasteiger partial charge in [0.05, 0.1) is 5.71 Å². The molecule has 4 nitrogen and oxygen atoms in total. The van der Waals surface area contributed by atoms with Crippen LogP contribution in [0.5, 0.6) is 0 Å². The van der Waals surface area contributed by atoms with Crippen LogP contribution in [0.15, 0.2) is 52.7 Å². The zero-order valence-corrected chi connectivity index (χ0v) is 14.5. The van der Waals surface area contributed by atoms with E-state index in [1.54, 1.807) is 6.08 Å². The molecule has 3 rings (SSSR count). The van der Waals surface area contributed by atoms with Gasteiger partial charge in [0.2, 0.25) is 11.8 Å². The number of carbonyl (C=O) groups excluding carboxylic acids is 2. The van der Waals surface area contributed by atoms with E-state index in [4.69, 9.17) is 0 Å². The topological polar surface area (TPSA) is 58.5 Å². The van der Waals surface area contributed by atoms with Gasteiger partial charge >= 0.3 is 0 Å². The molecule has 0 radical (unpaired) electrons. The molecule has 0 saturated heterocycles. The fraction of sp³-hybridized carbons (Fsp3) is 0.450. The highest BCUT2D eigenvalue weighted by Gasteiger charge is 2.32. The van der Waals surface area contributed by atoms with Crippen LogP contribution in [-0.4, -0.2) is 17.5 Å². The van der Waals surface area contributed by atoms with Crippen LogP contribution in [0.3, 0.4) is 0 Å². The number of fused-ring (bicyclic) bond motifs is 1. The molecular weight excluding hydrogens is 300 g/mol. The van der Waals surface area contributed by atoms with E-state index in [0.717, 1.165) is 30.5 Å². The van der Waals surface area contributed by atoms with Crippen molar-refractivity contribution in [1.82, 2.24) is 5.32 Å². The Bertz CT molecular complexity index is 714. The summed E-state index contributed by atoms with van der Waals surface area (Å²) < 4.78 is 0. The van der Waals surface area contributed by atoms with E-state index in [-0.39, 0.29) is 29.1 Å². The molecule has 3 aliphatic rings. The second-order valence-electron chi connectivity index (χ2n) is 7.63. The minimum absolute atomic E-state index is 0.0157. The Morgan fingerprint density at radius 3 is 2.71 bits per heavy atom. The first-order valence-corrected chi connectivity index (χ1v) is 8.55. The Kier molecular flexibility index (Phi) is 4.39. The summed E-state index contributed by atoms with van der Waals surface area (Å²) in [7, 11) is 0. The lowest BCUT2D eigenvalue weighted by molar-refractivity contribution is -0.121. The van der Waals surface area contributed by atoms with Crippen LogP contribution >= 0.6 is 0 Å². The monoisotopic (exact) mass is 324 g/mol. The number of hydrogen-bond acceptors (Lipinski definition) is 2. The highest BCUT2D eigenvalue weighted by molar-refractivity contribution is 6.11. The van der Waals surface area contributed by atoms with Gasteiger partial charge < -0.3 is 5.32 Å². The third kappa shape index (κ3) is 3.48. The number of aliphatic imine (C=N–C) groups is 1. The van der Waals surface area contributed by atoms with Crippen LogP contribution < -0.4 is 5.32 Å². The Hall–Kier alpha value is -2.23. The van der Waals surface area contributed by atoms with Crippen LogP contribution in [0.4, 0.5) is 0 Å². The molecule has 2 unspecified atom stereocenters. The van der Waals surface area contributed by atoms with Crippen LogP contribution in [-0.2, 0) is 9.59 Å². The average molecular weight is 324 g/mol. The number of nitrogens with zero attached hydrogens (tertiary/aromatic N) is 1. The molecule has 1 aliphatic heterocycles. The molecule has 2 aliphatic carbocycles. The minimum Gasteiger partial charge on any atom is -0.325 e. The van der Waals surface area contributed by atoms with E-state index in [9.17, 15) is 9.59 Å². The second kappa shape index (κ2) is 6.34. The lowest BCUT2D eigenvalue weighted by Crippen LogP contribution is -2.36. The second-order valence-corrected chi connectivity index (χ2v) is 7.63. The van der Waals surface area contributed by atoms with Gasteiger partial charge in [0.15, 0.2) is 0 Å². The molecule has 0 spiro atoms. The summed E-state index contributed by atoms with van der Waals surface area (Å²) in [4.78, 5) is 28.6. The lowest BCUT2D eigenvalue weighted by atomic mass is 9.74. The first-order chi connectivity index (χ1) is 11.3. The van der Waals surface area contributed by atoms with Gasteiger partial charge in [-0.2, -0.15) is 0 Å². The molecule has 2 amide bonds. The normalized spacial score (nSPS) is 28.1. The lowest BCUT2D eigenvalue weighted by Gasteiger charge is -2.34. The fourth-order valence-corrected chi connectivity index (χ4v) is 3.38. The average Bonchev–Trinajstić information content (AvgIpc) is 2.53. The van der Waals surface area contributed by atoms with Crippen molar-refractivity contribution in [2.45, 2.75) is 40.0 Å². The van der Waals surface area contributed by atoms with Gasteiger partial charge in [-0.05, 0) is 42.4 Å². The van der Waals surface area contributed by atoms with Crippen LogP contribution in [0.25, 0.3) is 0 Å². The smallest absolute Gasteiger partial charge is 0.249 e. The van der Waals surface area contributed by atoms with Crippen molar-refractivity contribution in [2.75, 3.05) is 0 Å². The number of allylic oxidation sites excluding steroid dienone is 5. The van der Waals surface area contributed by atoms with Crippen molar-refractivity contribution in [3.63, 3.8) is 0 Å². The fourth-order valence-electron chi connectivity index (χ4n) is 3.38. The summed E-state index contributed by atoms with van der Waals surface area (Å²) in [5, 5.41) is 2.89. The van der Waals surface area contributed by atoms with Gasteiger partial charge in [-0.25, -0.2) is 4.99 Å². The maximum atomic E-state index is 12.3. The SMILES string of the molecule is CC(C)(C)C1=CC(=O)NC2=CC(=NC(=O)C3CC=CCC3)C=CC21. The minimum atomic E-state index is -0.110. The number of rotatable bonds is 1. The molecule has 1 N–H and O–H groups in total. The zero-order chi connectivity index (χ0) is 17.3. The van der Waals surface area contributed by atoms with E-state index in [1.807, 2.05) is 18.2 Å². The van der Waals surface area contributed by atoms with Crippen molar-refractivity contribution in [1.29, 1.82) is 0 Å². The van der Waals surface area contributed by atoms with Gasteiger partial charge in [0.1, 0.15) is 0 Å². The number of amides is 2. The predicted octanol–water partition coefficient (Wildman–Crippen LogP) is 3.48. The maximum absolute atomic E-state index is 12.3. The van der Waals surface area contributed by atoms with E-state index in [2.05, 4.69) is 43.2 Å². The molecule has 126 valence electrons. The predicted molar refractivity (Wildman–Crippen MR) is 95.3 cm³/mol. The maximum Gasteiger partial charge on any atom is 0.249 e. The third-order valence-electron chi connectivity index (χ3n) is 4.71. The highest BCUT2D eigenvalue weighted by Crippen LogP contribution is 2.38. The van der Waals surface area contributed by atoms with Crippen molar-refractivity contribution in [3.8, 4) is 0 Å². The molecule has 0 aromatic rings. The highest BCUT2D eigenvalue weighted by atomic mass is 16.2. The van der Waals surface area contributed by atoms with Crippen molar-refractivity contribution in [2.24, 2.45) is 22.2 Å². The van der Waals surface area contributed by atoms with Gasteiger partial charge in [-0.1, -0.05) is 39.0 Å². The van der Waals surface area contributed by atoms with E-state index in [1.165, 1.54) is 0 Å².